The summed E-state index contributed by atoms with van der Waals surface area (Å²) in [5.74, 6) is -1.19. The van der Waals surface area contributed by atoms with Gasteiger partial charge in [-0.15, -0.1) is 0 Å². The maximum atomic E-state index is 11.2. The molecule has 1 heterocycles. The first-order chi connectivity index (χ1) is 9.56. The van der Waals surface area contributed by atoms with Crippen molar-refractivity contribution in [2.75, 3.05) is 0 Å². The molecule has 20 heavy (non-hydrogen) atoms. The van der Waals surface area contributed by atoms with E-state index in [1.54, 1.807) is 0 Å². The number of ether oxygens (including phenoxy) is 1. The SMILES string of the molecule is NC(=O)c1cc(OCc2ccccc2)cc(C(N)=O)n1. The molecule has 4 N–H and O–H groups in total. The molecule has 6 heteroatoms. The Balaban J connectivity index is 2.22. The lowest BCUT2D eigenvalue weighted by molar-refractivity contribution is 0.0991. The van der Waals surface area contributed by atoms with E-state index in [2.05, 4.69) is 4.98 Å². The summed E-state index contributed by atoms with van der Waals surface area (Å²) in [6.45, 7) is 0.293. The Labute approximate surface area is 115 Å². The van der Waals surface area contributed by atoms with Gasteiger partial charge in [0, 0.05) is 12.1 Å². The number of primary amides is 2. The van der Waals surface area contributed by atoms with Crippen molar-refractivity contribution in [1.82, 2.24) is 4.98 Å². The molecule has 2 rings (SSSR count). The quantitative estimate of drug-likeness (QED) is 0.840. The smallest absolute Gasteiger partial charge is 0.267 e. The monoisotopic (exact) mass is 271 g/mol. The van der Waals surface area contributed by atoms with Gasteiger partial charge in [-0.1, -0.05) is 30.3 Å². The summed E-state index contributed by atoms with van der Waals surface area (Å²) < 4.78 is 5.52. The van der Waals surface area contributed by atoms with Gasteiger partial charge in [0.2, 0.25) is 0 Å². The molecule has 0 saturated heterocycles. The molecule has 2 aromatic rings. The van der Waals surface area contributed by atoms with Gasteiger partial charge in [0.05, 0.1) is 0 Å². The Morgan fingerprint density at radius 2 is 1.55 bits per heavy atom. The topological polar surface area (TPSA) is 108 Å². The van der Waals surface area contributed by atoms with E-state index in [0.717, 1.165) is 5.56 Å². The van der Waals surface area contributed by atoms with Gasteiger partial charge < -0.3 is 16.2 Å². The zero-order valence-corrected chi connectivity index (χ0v) is 10.6. The molecular formula is C14H13N3O3. The van der Waals surface area contributed by atoms with E-state index in [1.807, 2.05) is 30.3 Å². The number of nitrogens with zero attached hydrogens (tertiary/aromatic N) is 1. The lowest BCUT2D eigenvalue weighted by atomic mass is 10.2. The van der Waals surface area contributed by atoms with Gasteiger partial charge in [-0.2, -0.15) is 0 Å². The molecule has 102 valence electrons. The maximum Gasteiger partial charge on any atom is 0.267 e. The summed E-state index contributed by atoms with van der Waals surface area (Å²) in [5, 5.41) is 0. The van der Waals surface area contributed by atoms with E-state index < -0.39 is 11.8 Å². The second kappa shape index (κ2) is 5.83. The average molecular weight is 271 g/mol. The van der Waals surface area contributed by atoms with Crippen LogP contribution in [0.25, 0.3) is 0 Å². The van der Waals surface area contributed by atoms with Crippen LogP contribution in [0.15, 0.2) is 42.5 Å². The van der Waals surface area contributed by atoms with Crippen LogP contribution in [0.3, 0.4) is 0 Å². The Hall–Kier alpha value is -2.89. The second-order valence-corrected chi connectivity index (χ2v) is 4.08. The predicted molar refractivity (Wildman–Crippen MR) is 72.0 cm³/mol. The van der Waals surface area contributed by atoms with Crippen molar-refractivity contribution in [3.63, 3.8) is 0 Å². The fourth-order valence-electron chi connectivity index (χ4n) is 1.58. The Morgan fingerprint density at radius 3 is 2.05 bits per heavy atom. The highest BCUT2D eigenvalue weighted by Gasteiger charge is 2.11. The Kier molecular flexibility index (Phi) is 3.95. The highest BCUT2D eigenvalue weighted by Crippen LogP contribution is 2.16. The Morgan fingerprint density at radius 1 is 1.00 bits per heavy atom. The van der Waals surface area contributed by atoms with Gasteiger partial charge in [-0.05, 0) is 5.56 Å². The fraction of sp³-hybridized carbons (Fsp3) is 0.0714. The van der Waals surface area contributed by atoms with E-state index in [4.69, 9.17) is 16.2 Å². The zero-order valence-electron chi connectivity index (χ0n) is 10.6. The first-order valence-electron chi connectivity index (χ1n) is 5.84. The van der Waals surface area contributed by atoms with E-state index in [-0.39, 0.29) is 11.4 Å². The van der Waals surface area contributed by atoms with Crippen molar-refractivity contribution in [1.29, 1.82) is 0 Å². The Bertz CT molecular complexity index is 609. The van der Waals surface area contributed by atoms with Crippen molar-refractivity contribution >= 4 is 11.8 Å². The third-order valence-electron chi connectivity index (χ3n) is 2.55. The van der Waals surface area contributed by atoms with Crippen molar-refractivity contribution in [3.05, 3.63) is 59.4 Å². The summed E-state index contributed by atoms with van der Waals surface area (Å²) in [5.41, 5.74) is 11.1. The molecule has 0 aliphatic rings. The molecule has 1 aromatic carbocycles. The largest absolute Gasteiger partial charge is 0.489 e. The third kappa shape index (κ3) is 3.32. The maximum absolute atomic E-state index is 11.2. The van der Waals surface area contributed by atoms with Crippen molar-refractivity contribution in [3.8, 4) is 5.75 Å². The molecule has 0 bridgehead atoms. The van der Waals surface area contributed by atoms with E-state index in [0.29, 0.717) is 12.4 Å². The molecule has 1 aromatic heterocycles. The van der Waals surface area contributed by atoms with Crippen molar-refractivity contribution in [2.24, 2.45) is 11.5 Å². The molecule has 0 fully saturated rings. The van der Waals surface area contributed by atoms with Crippen molar-refractivity contribution < 1.29 is 14.3 Å². The first-order valence-corrected chi connectivity index (χ1v) is 5.84. The molecule has 2 amide bonds. The lowest BCUT2D eigenvalue weighted by Gasteiger charge is -2.08. The standard InChI is InChI=1S/C14H13N3O3/c15-13(18)11-6-10(7-12(17-11)14(16)19)20-8-9-4-2-1-3-5-9/h1-7H,8H2,(H2,15,18)(H2,16,19). The minimum atomic E-state index is -0.752. The number of amides is 2. The van der Waals surface area contributed by atoms with Crippen LogP contribution >= 0.6 is 0 Å². The van der Waals surface area contributed by atoms with Crippen molar-refractivity contribution in [2.45, 2.75) is 6.61 Å². The van der Waals surface area contributed by atoms with Crippen LogP contribution in [-0.4, -0.2) is 16.8 Å². The molecule has 0 aliphatic heterocycles. The minimum Gasteiger partial charge on any atom is -0.489 e. The average Bonchev–Trinajstić information content (AvgIpc) is 2.45. The van der Waals surface area contributed by atoms with Crippen LogP contribution in [0.1, 0.15) is 26.5 Å². The molecular weight excluding hydrogens is 258 g/mol. The highest BCUT2D eigenvalue weighted by atomic mass is 16.5. The number of aromatic nitrogens is 1. The number of hydrogen-bond acceptors (Lipinski definition) is 4. The van der Waals surface area contributed by atoms with Crippen LogP contribution in [0.4, 0.5) is 0 Å². The van der Waals surface area contributed by atoms with Gasteiger partial charge in [-0.25, -0.2) is 4.98 Å². The molecule has 0 spiro atoms. The summed E-state index contributed by atoms with van der Waals surface area (Å²) in [4.78, 5) is 26.1. The zero-order chi connectivity index (χ0) is 14.5. The molecule has 6 nitrogen and oxygen atoms in total. The number of benzene rings is 1. The molecule has 0 unspecified atom stereocenters. The summed E-state index contributed by atoms with van der Waals surface area (Å²) in [6.07, 6.45) is 0. The number of rotatable bonds is 5. The van der Waals surface area contributed by atoms with Crippen LogP contribution < -0.4 is 16.2 Å². The fourth-order valence-corrected chi connectivity index (χ4v) is 1.58. The van der Waals surface area contributed by atoms with Crippen LogP contribution in [0, 0.1) is 0 Å². The predicted octanol–water partition coefficient (Wildman–Crippen LogP) is 0.858. The number of nitrogens with two attached hydrogens (primary N) is 2. The van der Waals surface area contributed by atoms with Gasteiger partial charge >= 0.3 is 0 Å². The van der Waals surface area contributed by atoms with Gasteiger partial charge in [0.25, 0.3) is 11.8 Å². The molecule has 0 radical (unpaired) electrons. The number of carbonyl (C=O) groups excluding carboxylic acids is 2. The highest BCUT2D eigenvalue weighted by molar-refractivity contribution is 5.95. The number of hydrogen-bond donors (Lipinski definition) is 2. The first kappa shape index (κ1) is 13.5. The molecule has 0 atom stereocenters. The van der Waals surface area contributed by atoms with Crippen LogP contribution in [-0.2, 0) is 6.61 Å². The van der Waals surface area contributed by atoms with Crippen LogP contribution in [0.5, 0.6) is 5.75 Å². The van der Waals surface area contributed by atoms with E-state index in [1.165, 1.54) is 12.1 Å². The lowest BCUT2D eigenvalue weighted by Crippen LogP contribution is -2.19. The summed E-state index contributed by atoms with van der Waals surface area (Å²) >= 11 is 0. The second-order valence-electron chi connectivity index (χ2n) is 4.08. The van der Waals surface area contributed by atoms with Gasteiger partial charge in [0.1, 0.15) is 23.7 Å². The van der Waals surface area contributed by atoms with Crippen LogP contribution in [0.2, 0.25) is 0 Å². The van der Waals surface area contributed by atoms with E-state index in [9.17, 15) is 9.59 Å². The van der Waals surface area contributed by atoms with Gasteiger partial charge in [0.15, 0.2) is 0 Å². The molecule has 0 saturated carbocycles. The molecule has 0 aliphatic carbocycles. The third-order valence-corrected chi connectivity index (χ3v) is 2.55. The summed E-state index contributed by atoms with van der Waals surface area (Å²) in [7, 11) is 0. The van der Waals surface area contributed by atoms with E-state index >= 15 is 0 Å². The summed E-state index contributed by atoms with van der Waals surface area (Å²) in [6, 6.07) is 12.2. The normalized spacial score (nSPS) is 10.0. The van der Waals surface area contributed by atoms with Gasteiger partial charge in [-0.3, -0.25) is 9.59 Å². The minimum absolute atomic E-state index is 0.0654. The number of carbonyl (C=O) groups is 2. The number of pyridine rings is 1.